The summed E-state index contributed by atoms with van der Waals surface area (Å²) < 4.78 is 0. The lowest BCUT2D eigenvalue weighted by atomic mass is 9.96. The first-order chi connectivity index (χ1) is 13.8. The number of aryl methyl sites for hydroxylation is 2. The second kappa shape index (κ2) is 7.95. The Morgan fingerprint density at radius 2 is 1.00 bits per heavy atom. The minimum atomic E-state index is 0.751. The summed E-state index contributed by atoms with van der Waals surface area (Å²) in [6.45, 7) is 0. The van der Waals surface area contributed by atoms with Gasteiger partial charge in [0.25, 0.3) is 0 Å². The molecule has 0 aliphatic carbocycles. The largest absolute Gasteiger partial charge is 0.192 e. The van der Waals surface area contributed by atoms with Gasteiger partial charge in [0.1, 0.15) is 0 Å². The van der Waals surface area contributed by atoms with Gasteiger partial charge in [0, 0.05) is 0 Å². The Labute approximate surface area is 165 Å². The highest BCUT2D eigenvalue weighted by Gasteiger charge is 2.06. The van der Waals surface area contributed by atoms with Crippen molar-refractivity contribution >= 4 is 21.5 Å². The summed E-state index contributed by atoms with van der Waals surface area (Å²) in [7, 11) is 0. The number of nitriles is 2. The van der Waals surface area contributed by atoms with Gasteiger partial charge in [-0.25, -0.2) is 0 Å². The summed E-state index contributed by atoms with van der Waals surface area (Å²) in [4.78, 5) is 0. The molecule has 4 aromatic rings. The Balaban J connectivity index is 1.45. The second-order valence-electron chi connectivity index (χ2n) is 7.16. The first-order valence-corrected chi connectivity index (χ1v) is 9.62. The molecule has 0 saturated carbocycles. The van der Waals surface area contributed by atoms with Crippen molar-refractivity contribution in [2.75, 3.05) is 0 Å². The lowest BCUT2D eigenvalue weighted by molar-refractivity contribution is 0.735. The van der Waals surface area contributed by atoms with Crippen molar-refractivity contribution in [1.82, 2.24) is 0 Å². The highest BCUT2D eigenvalue weighted by molar-refractivity contribution is 5.89. The van der Waals surface area contributed by atoms with Crippen LogP contribution in [0, 0.1) is 22.7 Å². The molecule has 2 nitrogen and oxygen atoms in total. The zero-order valence-electron chi connectivity index (χ0n) is 15.7. The van der Waals surface area contributed by atoms with Crippen LogP contribution in [0.4, 0.5) is 0 Å². The van der Waals surface area contributed by atoms with Crippen LogP contribution >= 0.6 is 0 Å². The third-order valence-electron chi connectivity index (χ3n) is 5.26. The highest BCUT2D eigenvalue weighted by Crippen LogP contribution is 2.24. The topological polar surface area (TPSA) is 47.6 Å². The fourth-order valence-corrected chi connectivity index (χ4v) is 3.88. The third kappa shape index (κ3) is 3.59. The van der Waals surface area contributed by atoms with E-state index in [0.717, 1.165) is 58.4 Å². The molecule has 0 aliphatic rings. The molecule has 0 spiro atoms. The molecule has 0 atom stereocenters. The van der Waals surface area contributed by atoms with Gasteiger partial charge in [-0.3, -0.25) is 0 Å². The maximum atomic E-state index is 9.44. The fraction of sp³-hybridized carbons (Fsp3) is 0.154. The van der Waals surface area contributed by atoms with Gasteiger partial charge < -0.3 is 0 Å². The Hall–Kier alpha value is -3.62. The standard InChI is InChI=1S/C26H20N2/c27-17-23-15-19(13-21-9-3-5-11-25(21)23)7-1-2-8-20-14-22-10-4-6-12-26(22)24(16-20)18-28/h3-6,9-16H,1-2,7-8H2. The van der Waals surface area contributed by atoms with Gasteiger partial charge >= 0.3 is 0 Å². The van der Waals surface area contributed by atoms with E-state index >= 15 is 0 Å². The number of rotatable bonds is 5. The van der Waals surface area contributed by atoms with E-state index in [0.29, 0.717) is 0 Å². The average Bonchev–Trinajstić information content (AvgIpc) is 2.75. The Kier molecular flexibility index (Phi) is 5.05. The van der Waals surface area contributed by atoms with Gasteiger partial charge in [0.15, 0.2) is 0 Å². The number of benzene rings is 4. The summed E-state index contributed by atoms with van der Waals surface area (Å²) in [6, 6.07) is 29.2. The summed E-state index contributed by atoms with van der Waals surface area (Å²) in [6.07, 6.45) is 4.02. The van der Waals surface area contributed by atoms with Crippen LogP contribution < -0.4 is 0 Å². The fourth-order valence-electron chi connectivity index (χ4n) is 3.88. The van der Waals surface area contributed by atoms with Gasteiger partial charge in [-0.2, -0.15) is 10.5 Å². The molecule has 28 heavy (non-hydrogen) atoms. The summed E-state index contributed by atoms with van der Waals surface area (Å²) in [5.41, 5.74) is 3.93. The molecule has 0 N–H and O–H groups in total. The van der Waals surface area contributed by atoms with E-state index in [1.807, 2.05) is 48.5 Å². The van der Waals surface area contributed by atoms with Crippen LogP contribution in [-0.2, 0) is 12.8 Å². The van der Waals surface area contributed by atoms with Crippen molar-refractivity contribution < 1.29 is 0 Å². The molecule has 4 rings (SSSR count). The molecular weight excluding hydrogens is 340 g/mol. The molecule has 0 unspecified atom stereocenters. The summed E-state index contributed by atoms with van der Waals surface area (Å²) >= 11 is 0. The van der Waals surface area contributed by atoms with Gasteiger partial charge in [0.05, 0.1) is 23.3 Å². The van der Waals surface area contributed by atoms with Crippen LogP contribution in [0.25, 0.3) is 21.5 Å². The van der Waals surface area contributed by atoms with Gasteiger partial charge in [-0.1, -0.05) is 60.7 Å². The Bertz CT molecular complexity index is 1140. The molecule has 0 fully saturated rings. The van der Waals surface area contributed by atoms with Crippen molar-refractivity contribution in [3.8, 4) is 12.1 Å². The van der Waals surface area contributed by atoms with Gasteiger partial charge in [0.2, 0.25) is 0 Å². The van der Waals surface area contributed by atoms with E-state index in [-0.39, 0.29) is 0 Å². The maximum Gasteiger partial charge on any atom is 0.0998 e. The second-order valence-corrected chi connectivity index (χ2v) is 7.16. The van der Waals surface area contributed by atoms with Crippen molar-refractivity contribution in [3.63, 3.8) is 0 Å². The molecule has 0 heterocycles. The molecule has 134 valence electrons. The lowest BCUT2D eigenvalue weighted by Gasteiger charge is -2.08. The van der Waals surface area contributed by atoms with Crippen LogP contribution in [0.5, 0.6) is 0 Å². The highest BCUT2D eigenvalue weighted by atomic mass is 14.2. The Morgan fingerprint density at radius 3 is 1.43 bits per heavy atom. The molecule has 0 aromatic heterocycles. The average molecular weight is 360 g/mol. The normalized spacial score (nSPS) is 10.6. The first-order valence-electron chi connectivity index (χ1n) is 9.62. The SMILES string of the molecule is N#Cc1cc(CCCCc2cc(C#N)c3ccccc3c2)cc2ccccc12. The number of fused-ring (bicyclic) bond motifs is 2. The quantitative estimate of drug-likeness (QED) is 0.392. The van der Waals surface area contributed by atoms with Crippen LogP contribution in [0.1, 0.15) is 35.1 Å². The van der Waals surface area contributed by atoms with E-state index in [1.54, 1.807) is 0 Å². The minimum absolute atomic E-state index is 0.751. The maximum absolute atomic E-state index is 9.44. The predicted molar refractivity (Wildman–Crippen MR) is 114 cm³/mol. The molecule has 0 saturated heterocycles. The molecule has 0 radical (unpaired) electrons. The molecule has 0 bridgehead atoms. The lowest BCUT2D eigenvalue weighted by Crippen LogP contribution is -1.93. The van der Waals surface area contributed by atoms with Gasteiger partial charge in [-0.05, 0) is 70.5 Å². The van der Waals surface area contributed by atoms with Crippen LogP contribution in [0.2, 0.25) is 0 Å². The number of hydrogen-bond acceptors (Lipinski definition) is 2. The van der Waals surface area contributed by atoms with Crippen LogP contribution in [0.3, 0.4) is 0 Å². The monoisotopic (exact) mass is 360 g/mol. The Morgan fingerprint density at radius 1 is 0.571 bits per heavy atom. The minimum Gasteiger partial charge on any atom is -0.192 e. The summed E-state index contributed by atoms with van der Waals surface area (Å²) in [5, 5.41) is 23.2. The first kappa shape index (κ1) is 17.8. The molecule has 0 amide bonds. The molecule has 2 heteroatoms. The van der Waals surface area contributed by atoms with E-state index in [9.17, 15) is 10.5 Å². The number of hydrogen-bond donors (Lipinski definition) is 0. The molecule has 4 aromatic carbocycles. The zero-order valence-corrected chi connectivity index (χ0v) is 15.7. The van der Waals surface area contributed by atoms with E-state index in [4.69, 9.17) is 0 Å². The zero-order chi connectivity index (χ0) is 19.3. The van der Waals surface area contributed by atoms with Crippen molar-refractivity contribution in [1.29, 1.82) is 10.5 Å². The third-order valence-corrected chi connectivity index (χ3v) is 5.26. The van der Waals surface area contributed by atoms with E-state index < -0.39 is 0 Å². The molecule has 0 aliphatic heterocycles. The smallest absolute Gasteiger partial charge is 0.0998 e. The van der Waals surface area contributed by atoms with E-state index in [1.165, 1.54) is 11.1 Å². The van der Waals surface area contributed by atoms with Crippen LogP contribution in [0.15, 0.2) is 72.8 Å². The van der Waals surface area contributed by atoms with Crippen LogP contribution in [-0.4, -0.2) is 0 Å². The van der Waals surface area contributed by atoms with Crippen molar-refractivity contribution in [3.05, 3.63) is 95.1 Å². The molecular formula is C26H20N2. The summed E-state index contributed by atoms with van der Waals surface area (Å²) in [5.74, 6) is 0. The predicted octanol–water partition coefficient (Wildman–Crippen LogP) is 6.30. The number of nitrogens with zero attached hydrogens (tertiary/aromatic N) is 2. The van der Waals surface area contributed by atoms with Crippen molar-refractivity contribution in [2.45, 2.75) is 25.7 Å². The van der Waals surface area contributed by atoms with Gasteiger partial charge in [-0.15, -0.1) is 0 Å². The van der Waals surface area contributed by atoms with Crippen molar-refractivity contribution in [2.24, 2.45) is 0 Å². The number of unbranched alkanes of at least 4 members (excludes halogenated alkanes) is 1. The van der Waals surface area contributed by atoms with E-state index in [2.05, 4.69) is 36.4 Å².